The van der Waals surface area contributed by atoms with E-state index in [0.717, 1.165) is 31.6 Å². The fourth-order valence-electron chi connectivity index (χ4n) is 2.67. The number of halogens is 1. The summed E-state index contributed by atoms with van der Waals surface area (Å²) in [5, 5.41) is 3.59. The van der Waals surface area contributed by atoms with Crippen LogP contribution in [0.4, 0.5) is 4.39 Å². The summed E-state index contributed by atoms with van der Waals surface area (Å²) in [6.45, 7) is 9.77. The number of hydrogen-bond acceptors (Lipinski definition) is 2. The third-order valence-corrected chi connectivity index (χ3v) is 4.16. The third kappa shape index (κ3) is 3.77. The molecule has 0 aliphatic carbocycles. The summed E-state index contributed by atoms with van der Waals surface area (Å²) in [4.78, 5) is 2.48. The lowest BCUT2D eigenvalue weighted by Gasteiger charge is -2.40. The first kappa shape index (κ1) is 14.5. The van der Waals surface area contributed by atoms with E-state index in [1.807, 2.05) is 12.1 Å². The zero-order valence-corrected chi connectivity index (χ0v) is 12.2. The average molecular weight is 264 g/mol. The number of nitrogens with zero attached hydrogens (tertiary/aromatic N) is 1. The third-order valence-electron chi connectivity index (χ3n) is 4.16. The molecular formula is C16H25FN2. The van der Waals surface area contributed by atoms with Gasteiger partial charge in [-0.1, -0.05) is 32.0 Å². The van der Waals surface area contributed by atoms with Gasteiger partial charge in [-0.05, 0) is 30.9 Å². The maximum atomic E-state index is 13.6. The summed E-state index contributed by atoms with van der Waals surface area (Å²) < 4.78 is 13.6. The Bertz CT molecular complexity index is 405. The normalized spacial score (nSPS) is 24.9. The molecule has 0 bridgehead atoms. The first-order valence-electron chi connectivity index (χ1n) is 7.28. The van der Waals surface area contributed by atoms with Crippen molar-refractivity contribution in [2.45, 2.75) is 39.3 Å². The summed E-state index contributed by atoms with van der Waals surface area (Å²) in [6, 6.07) is 8.19. The standard InChI is InChI=1S/C16H25FN2/c1-12(2)16-11-19(13(3)10-18-16)9-8-14-6-4-5-7-15(14)17/h4-7,12-13,16,18H,8-11H2,1-3H3. The highest BCUT2D eigenvalue weighted by molar-refractivity contribution is 5.17. The van der Waals surface area contributed by atoms with Crippen molar-refractivity contribution in [3.63, 3.8) is 0 Å². The van der Waals surface area contributed by atoms with Crippen LogP contribution in [-0.2, 0) is 6.42 Å². The lowest BCUT2D eigenvalue weighted by Crippen LogP contribution is -2.57. The topological polar surface area (TPSA) is 15.3 Å². The van der Waals surface area contributed by atoms with Gasteiger partial charge in [0, 0.05) is 31.7 Å². The molecular weight excluding hydrogens is 239 g/mol. The molecule has 1 saturated heterocycles. The Morgan fingerprint density at radius 3 is 2.79 bits per heavy atom. The van der Waals surface area contributed by atoms with Crippen LogP contribution in [0.2, 0.25) is 0 Å². The first-order valence-corrected chi connectivity index (χ1v) is 7.28. The molecule has 0 radical (unpaired) electrons. The number of rotatable bonds is 4. The molecule has 1 fully saturated rings. The Hall–Kier alpha value is -0.930. The van der Waals surface area contributed by atoms with Crippen molar-refractivity contribution in [2.75, 3.05) is 19.6 Å². The van der Waals surface area contributed by atoms with Crippen LogP contribution in [0.3, 0.4) is 0 Å². The van der Waals surface area contributed by atoms with Gasteiger partial charge in [-0.25, -0.2) is 4.39 Å². The number of piperazine rings is 1. The second-order valence-electron chi connectivity index (χ2n) is 5.94. The van der Waals surface area contributed by atoms with E-state index in [1.165, 1.54) is 0 Å². The molecule has 2 unspecified atom stereocenters. The monoisotopic (exact) mass is 264 g/mol. The molecule has 19 heavy (non-hydrogen) atoms. The van der Waals surface area contributed by atoms with Gasteiger partial charge in [0.05, 0.1) is 0 Å². The van der Waals surface area contributed by atoms with Crippen molar-refractivity contribution in [1.82, 2.24) is 10.2 Å². The molecule has 1 N–H and O–H groups in total. The van der Waals surface area contributed by atoms with E-state index < -0.39 is 0 Å². The largest absolute Gasteiger partial charge is 0.311 e. The first-order chi connectivity index (χ1) is 9.08. The zero-order chi connectivity index (χ0) is 13.8. The van der Waals surface area contributed by atoms with Crippen LogP contribution in [0.5, 0.6) is 0 Å². The van der Waals surface area contributed by atoms with Gasteiger partial charge in [-0.15, -0.1) is 0 Å². The molecule has 0 spiro atoms. The molecule has 2 nitrogen and oxygen atoms in total. The maximum absolute atomic E-state index is 13.6. The van der Waals surface area contributed by atoms with Crippen molar-refractivity contribution in [1.29, 1.82) is 0 Å². The van der Waals surface area contributed by atoms with E-state index in [1.54, 1.807) is 12.1 Å². The molecule has 1 aliphatic rings. The van der Waals surface area contributed by atoms with Gasteiger partial charge in [-0.2, -0.15) is 0 Å². The Morgan fingerprint density at radius 2 is 2.11 bits per heavy atom. The quantitative estimate of drug-likeness (QED) is 0.899. The van der Waals surface area contributed by atoms with Gasteiger partial charge in [0.25, 0.3) is 0 Å². The highest BCUT2D eigenvalue weighted by Gasteiger charge is 2.26. The SMILES string of the molecule is CC(C)C1CN(CCc2ccccc2F)C(C)CN1. The van der Waals surface area contributed by atoms with Crippen LogP contribution in [-0.4, -0.2) is 36.6 Å². The minimum Gasteiger partial charge on any atom is -0.311 e. The minimum absolute atomic E-state index is 0.0781. The molecule has 2 atom stereocenters. The van der Waals surface area contributed by atoms with Crippen LogP contribution in [0.1, 0.15) is 26.3 Å². The Kier molecular flexibility index (Phi) is 4.94. The van der Waals surface area contributed by atoms with Gasteiger partial charge in [0.15, 0.2) is 0 Å². The highest BCUT2D eigenvalue weighted by Crippen LogP contribution is 2.14. The van der Waals surface area contributed by atoms with Gasteiger partial charge in [0.2, 0.25) is 0 Å². The van der Waals surface area contributed by atoms with Gasteiger partial charge >= 0.3 is 0 Å². The van der Waals surface area contributed by atoms with E-state index in [4.69, 9.17) is 0 Å². The van der Waals surface area contributed by atoms with E-state index in [-0.39, 0.29) is 5.82 Å². The van der Waals surface area contributed by atoms with Crippen molar-refractivity contribution in [2.24, 2.45) is 5.92 Å². The van der Waals surface area contributed by atoms with E-state index >= 15 is 0 Å². The van der Waals surface area contributed by atoms with Crippen LogP contribution < -0.4 is 5.32 Å². The fraction of sp³-hybridized carbons (Fsp3) is 0.625. The molecule has 1 aromatic carbocycles. The van der Waals surface area contributed by atoms with Crippen LogP contribution >= 0.6 is 0 Å². The predicted molar refractivity (Wildman–Crippen MR) is 77.8 cm³/mol. The molecule has 1 heterocycles. The van der Waals surface area contributed by atoms with Crippen molar-refractivity contribution < 1.29 is 4.39 Å². The van der Waals surface area contributed by atoms with Crippen molar-refractivity contribution in [3.8, 4) is 0 Å². The Morgan fingerprint density at radius 1 is 1.37 bits per heavy atom. The van der Waals surface area contributed by atoms with Crippen molar-refractivity contribution in [3.05, 3.63) is 35.6 Å². The summed E-state index contributed by atoms with van der Waals surface area (Å²) in [5.41, 5.74) is 0.828. The molecule has 0 amide bonds. The van der Waals surface area contributed by atoms with Gasteiger partial charge in [0.1, 0.15) is 5.82 Å². The highest BCUT2D eigenvalue weighted by atomic mass is 19.1. The minimum atomic E-state index is -0.0781. The second kappa shape index (κ2) is 6.49. The molecule has 0 aromatic heterocycles. The van der Waals surface area contributed by atoms with Gasteiger partial charge < -0.3 is 5.32 Å². The Labute approximate surface area is 116 Å². The number of nitrogens with one attached hydrogen (secondary N) is 1. The summed E-state index contributed by atoms with van der Waals surface area (Å²) in [5.74, 6) is 0.564. The second-order valence-corrected chi connectivity index (χ2v) is 5.94. The Balaban J connectivity index is 1.92. The van der Waals surface area contributed by atoms with E-state index in [2.05, 4.69) is 31.0 Å². The lowest BCUT2D eigenvalue weighted by atomic mass is 9.99. The fourth-order valence-corrected chi connectivity index (χ4v) is 2.67. The zero-order valence-electron chi connectivity index (χ0n) is 12.2. The van der Waals surface area contributed by atoms with Crippen LogP contribution in [0.25, 0.3) is 0 Å². The molecule has 106 valence electrons. The molecule has 2 rings (SSSR count). The summed E-state index contributed by atoms with van der Waals surface area (Å²) in [6.07, 6.45) is 0.793. The van der Waals surface area contributed by atoms with E-state index in [9.17, 15) is 4.39 Å². The molecule has 0 saturated carbocycles. The molecule has 1 aromatic rings. The summed E-state index contributed by atoms with van der Waals surface area (Å²) >= 11 is 0. The van der Waals surface area contributed by atoms with Crippen LogP contribution in [0.15, 0.2) is 24.3 Å². The number of benzene rings is 1. The average Bonchev–Trinajstić information content (AvgIpc) is 2.39. The number of hydrogen-bond donors (Lipinski definition) is 1. The van der Waals surface area contributed by atoms with E-state index in [0.29, 0.717) is 18.0 Å². The molecule has 1 aliphatic heterocycles. The van der Waals surface area contributed by atoms with Crippen molar-refractivity contribution >= 4 is 0 Å². The predicted octanol–water partition coefficient (Wildman–Crippen LogP) is 2.69. The lowest BCUT2D eigenvalue weighted by molar-refractivity contribution is 0.124. The van der Waals surface area contributed by atoms with Gasteiger partial charge in [-0.3, -0.25) is 4.90 Å². The maximum Gasteiger partial charge on any atom is 0.126 e. The molecule has 3 heteroatoms. The summed E-state index contributed by atoms with van der Waals surface area (Å²) in [7, 11) is 0. The smallest absolute Gasteiger partial charge is 0.126 e. The van der Waals surface area contributed by atoms with Crippen LogP contribution in [0, 0.1) is 11.7 Å².